The van der Waals surface area contributed by atoms with Crippen molar-refractivity contribution in [3.8, 4) is 0 Å². The van der Waals surface area contributed by atoms with E-state index in [2.05, 4.69) is 10.3 Å². The molecule has 1 amide bonds. The summed E-state index contributed by atoms with van der Waals surface area (Å²) in [5.74, 6) is -0.400. The second kappa shape index (κ2) is 7.00. The van der Waals surface area contributed by atoms with Gasteiger partial charge in [-0.05, 0) is 38.0 Å². The van der Waals surface area contributed by atoms with Gasteiger partial charge >= 0.3 is 0 Å². The maximum atomic E-state index is 13.6. The Bertz CT molecular complexity index is 895. The Morgan fingerprint density at radius 1 is 1.44 bits per heavy atom. The number of aromatic nitrogens is 2. The van der Waals surface area contributed by atoms with Crippen LogP contribution in [0.5, 0.6) is 0 Å². The minimum absolute atomic E-state index is 0.0728. The van der Waals surface area contributed by atoms with E-state index in [-0.39, 0.29) is 23.2 Å². The molecule has 3 rings (SSSR count). The SMILES string of the molecule is CCc1c(C)nc2n(c1=O)CC(C(=O)Nc1ccc(C)c(F)c1)CS2. The summed E-state index contributed by atoms with van der Waals surface area (Å²) in [6.07, 6.45) is 0.613. The van der Waals surface area contributed by atoms with Gasteiger partial charge in [0.1, 0.15) is 5.82 Å². The van der Waals surface area contributed by atoms with Crippen LogP contribution < -0.4 is 10.9 Å². The Morgan fingerprint density at radius 2 is 2.20 bits per heavy atom. The fraction of sp³-hybridized carbons (Fsp3) is 0.389. The summed E-state index contributed by atoms with van der Waals surface area (Å²) in [6.45, 7) is 5.72. The Hall–Kier alpha value is -2.15. The lowest BCUT2D eigenvalue weighted by molar-refractivity contribution is -0.119. The van der Waals surface area contributed by atoms with E-state index in [1.807, 2.05) is 13.8 Å². The second-order valence-electron chi connectivity index (χ2n) is 6.19. The Morgan fingerprint density at radius 3 is 2.88 bits per heavy atom. The summed E-state index contributed by atoms with van der Waals surface area (Å²) in [5.41, 5.74) is 2.32. The molecule has 0 saturated heterocycles. The zero-order valence-electron chi connectivity index (χ0n) is 14.4. The van der Waals surface area contributed by atoms with E-state index in [9.17, 15) is 14.0 Å². The number of hydrogen-bond donors (Lipinski definition) is 1. The number of fused-ring (bicyclic) bond motifs is 1. The van der Waals surface area contributed by atoms with Crippen molar-refractivity contribution in [1.29, 1.82) is 0 Å². The maximum Gasteiger partial charge on any atom is 0.257 e. The first kappa shape index (κ1) is 17.7. The third-order valence-electron chi connectivity index (χ3n) is 4.41. The topological polar surface area (TPSA) is 64.0 Å². The number of hydrogen-bond acceptors (Lipinski definition) is 4. The molecule has 1 unspecified atom stereocenters. The molecule has 2 aromatic rings. The van der Waals surface area contributed by atoms with Gasteiger partial charge in [-0.3, -0.25) is 14.2 Å². The molecule has 1 N–H and O–H groups in total. The molecule has 0 aliphatic carbocycles. The molecule has 25 heavy (non-hydrogen) atoms. The number of rotatable bonds is 3. The van der Waals surface area contributed by atoms with Gasteiger partial charge in [0.15, 0.2) is 5.16 Å². The molecule has 1 aliphatic rings. The molecule has 5 nitrogen and oxygen atoms in total. The minimum atomic E-state index is -0.367. The van der Waals surface area contributed by atoms with Gasteiger partial charge in [0.25, 0.3) is 5.56 Å². The molecule has 132 valence electrons. The molecule has 7 heteroatoms. The Labute approximate surface area is 149 Å². The van der Waals surface area contributed by atoms with Crippen LogP contribution in [-0.4, -0.2) is 21.2 Å². The highest BCUT2D eigenvalue weighted by molar-refractivity contribution is 7.99. The molecule has 0 bridgehead atoms. The first-order chi connectivity index (χ1) is 11.9. The van der Waals surface area contributed by atoms with E-state index in [1.54, 1.807) is 23.6 Å². The Kier molecular flexibility index (Phi) is 4.94. The first-order valence-corrected chi connectivity index (χ1v) is 9.19. The molecular weight excluding hydrogens is 341 g/mol. The molecule has 1 aromatic heterocycles. The third kappa shape index (κ3) is 3.46. The monoisotopic (exact) mass is 361 g/mol. The first-order valence-electron chi connectivity index (χ1n) is 8.20. The molecular formula is C18H20FN3O2S. The van der Waals surface area contributed by atoms with E-state index in [0.717, 1.165) is 5.69 Å². The number of carbonyl (C=O) groups excluding carboxylic acids is 1. The highest BCUT2D eigenvalue weighted by Gasteiger charge is 2.28. The van der Waals surface area contributed by atoms with Crippen LogP contribution in [0.2, 0.25) is 0 Å². The van der Waals surface area contributed by atoms with E-state index >= 15 is 0 Å². The standard InChI is InChI=1S/C18H20FN3O2S/c1-4-14-11(3)20-18-22(17(14)24)8-12(9-25-18)16(23)21-13-6-5-10(2)15(19)7-13/h5-7,12H,4,8-9H2,1-3H3,(H,21,23). The molecule has 2 heterocycles. The average Bonchev–Trinajstić information content (AvgIpc) is 2.58. The van der Waals surface area contributed by atoms with Crippen LogP contribution in [0.25, 0.3) is 0 Å². The van der Waals surface area contributed by atoms with Crippen molar-refractivity contribution in [2.45, 2.75) is 38.9 Å². The van der Waals surface area contributed by atoms with E-state index < -0.39 is 0 Å². The van der Waals surface area contributed by atoms with Gasteiger partial charge in [-0.15, -0.1) is 0 Å². The van der Waals surface area contributed by atoms with Crippen molar-refractivity contribution in [1.82, 2.24) is 9.55 Å². The predicted molar refractivity (Wildman–Crippen MR) is 96.6 cm³/mol. The van der Waals surface area contributed by atoms with Crippen molar-refractivity contribution in [2.24, 2.45) is 5.92 Å². The van der Waals surface area contributed by atoms with Gasteiger partial charge in [-0.2, -0.15) is 0 Å². The Balaban J connectivity index is 1.81. The quantitative estimate of drug-likeness (QED) is 0.854. The normalized spacial score (nSPS) is 16.4. The summed E-state index contributed by atoms with van der Waals surface area (Å²) in [6, 6.07) is 4.61. The summed E-state index contributed by atoms with van der Waals surface area (Å²) in [7, 11) is 0. The molecule has 0 spiro atoms. The largest absolute Gasteiger partial charge is 0.326 e. The molecule has 0 fully saturated rings. The van der Waals surface area contributed by atoms with E-state index in [1.165, 1.54) is 17.8 Å². The zero-order chi connectivity index (χ0) is 18.1. The molecule has 1 atom stereocenters. The van der Waals surface area contributed by atoms with Gasteiger partial charge < -0.3 is 5.32 Å². The van der Waals surface area contributed by atoms with Crippen LogP contribution in [0.1, 0.15) is 23.7 Å². The van der Waals surface area contributed by atoms with Gasteiger partial charge in [0, 0.05) is 29.2 Å². The number of benzene rings is 1. The van der Waals surface area contributed by atoms with Crippen molar-refractivity contribution >= 4 is 23.4 Å². The van der Waals surface area contributed by atoms with Gasteiger partial charge in [-0.25, -0.2) is 9.37 Å². The summed E-state index contributed by atoms with van der Waals surface area (Å²) >= 11 is 1.41. The highest BCUT2D eigenvalue weighted by Crippen LogP contribution is 2.27. The van der Waals surface area contributed by atoms with Crippen molar-refractivity contribution in [3.05, 3.63) is 51.2 Å². The molecule has 1 aliphatic heterocycles. The molecule has 1 aromatic carbocycles. The van der Waals surface area contributed by atoms with Gasteiger partial charge in [0.05, 0.1) is 5.92 Å². The number of aryl methyl sites for hydroxylation is 2. The number of nitrogens with one attached hydrogen (secondary N) is 1. The number of halogens is 1. The lowest BCUT2D eigenvalue weighted by Crippen LogP contribution is -2.38. The number of amides is 1. The zero-order valence-corrected chi connectivity index (χ0v) is 15.2. The molecule has 0 radical (unpaired) electrons. The second-order valence-corrected chi connectivity index (χ2v) is 7.18. The third-order valence-corrected chi connectivity index (χ3v) is 5.55. The fourth-order valence-electron chi connectivity index (χ4n) is 2.88. The number of anilines is 1. The summed E-state index contributed by atoms with van der Waals surface area (Å²) in [5, 5.41) is 3.40. The smallest absolute Gasteiger partial charge is 0.257 e. The highest BCUT2D eigenvalue weighted by atomic mass is 32.2. The van der Waals surface area contributed by atoms with Crippen LogP contribution in [0.4, 0.5) is 10.1 Å². The van der Waals surface area contributed by atoms with E-state index in [4.69, 9.17) is 0 Å². The number of nitrogens with zero attached hydrogens (tertiary/aromatic N) is 2. The average molecular weight is 361 g/mol. The van der Waals surface area contributed by atoms with Crippen LogP contribution in [0, 0.1) is 25.6 Å². The lowest BCUT2D eigenvalue weighted by Gasteiger charge is -2.25. The van der Waals surface area contributed by atoms with Crippen molar-refractivity contribution < 1.29 is 9.18 Å². The number of carbonyl (C=O) groups is 1. The molecule has 0 saturated carbocycles. The maximum absolute atomic E-state index is 13.6. The lowest BCUT2D eigenvalue weighted by atomic mass is 10.1. The van der Waals surface area contributed by atoms with Crippen LogP contribution >= 0.6 is 11.8 Å². The minimum Gasteiger partial charge on any atom is -0.326 e. The van der Waals surface area contributed by atoms with Crippen molar-refractivity contribution in [2.75, 3.05) is 11.1 Å². The van der Waals surface area contributed by atoms with Crippen LogP contribution in [-0.2, 0) is 17.8 Å². The van der Waals surface area contributed by atoms with Crippen LogP contribution in [0.15, 0.2) is 28.2 Å². The van der Waals surface area contributed by atoms with Gasteiger partial charge in [-0.1, -0.05) is 24.8 Å². The summed E-state index contributed by atoms with van der Waals surface area (Å²) < 4.78 is 15.2. The predicted octanol–water partition coefficient (Wildman–Crippen LogP) is 2.92. The number of thioether (sulfide) groups is 1. The fourth-order valence-corrected chi connectivity index (χ4v) is 4.00. The van der Waals surface area contributed by atoms with Gasteiger partial charge in [0.2, 0.25) is 5.91 Å². The van der Waals surface area contributed by atoms with E-state index in [0.29, 0.717) is 40.7 Å². The van der Waals surface area contributed by atoms with Crippen molar-refractivity contribution in [3.63, 3.8) is 0 Å². The van der Waals surface area contributed by atoms with Crippen LogP contribution in [0.3, 0.4) is 0 Å². The summed E-state index contributed by atoms with van der Waals surface area (Å²) in [4.78, 5) is 29.6.